The van der Waals surface area contributed by atoms with Crippen molar-refractivity contribution in [3.8, 4) is 5.75 Å². The van der Waals surface area contributed by atoms with Crippen molar-refractivity contribution < 1.29 is 9.47 Å². The lowest BCUT2D eigenvalue weighted by atomic mass is 9.94. The Kier molecular flexibility index (Phi) is 4.25. The molecule has 1 aromatic rings. The van der Waals surface area contributed by atoms with Gasteiger partial charge in [-0.25, -0.2) is 0 Å². The maximum atomic E-state index is 5.72. The summed E-state index contributed by atoms with van der Waals surface area (Å²) in [6.45, 7) is 6.06. The molecule has 0 aliphatic carbocycles. The first-order valence-corrected chi connectivity index (χ1v) is 6.59. The van der Waals surface area contributed by atoms with Crippen molar-refractivity contribution in [1.29, 1.82) is 0 Å². The van der Waals surface area contributed by atoms with Crippen LogP contribution in [0.3, 0.4) is 0 Å². The summed E-state index contributed by atoms with van der Waals surface area (Å²) in [7, 11) is 1.70. The fourth-order valence-corrected chi connectivity index (χ4v) is 2.45. The number of rotatable bonds is 4. The molecule has 3 nitrogen and oxygen atoms in total. The SMILES string of the molecule is COc1cccc(CNC2CCOC(C)(C)C2)c1. The molecule has 0 bridgehead atoms. The van der Waals surface area contributed by atoms with Gasteiger partial charge in [0.2, 0.25) is 0 Å². The minimum Gasteiger partial charge on any atom is -0.497 e. The summed E-state index contributed by atoms with van der Waals surface area (Å²) in [5.74, 6) is 0.918. The van der Waals surface area contributed by atoms with Crippen LogP contribution in [0.25, 0.3) is 0 Å². The Bertz CT molecular complexity index is 390. The molecular weight excluding hydrogens is 226 g/mol. The predicted octanol–water partition coefficient (Wildman–Crippen LogP) is 2.74. The van der Waals surface area contributed by atoms with E-state index in [9.17, 15) is 0 Å². The average molecular weight is 249 g/mol. The molecule has 1 aromatic carbocycles. The molecule has 1 aliphatic heterocycles. The van der Waals surface area contributed by atoms with E-state index in [0.717, 1.165) is 31.7 Å². The summed E-state index contributed by atoms with van der Waals surface area (Å²) >= 11 is 0. The number of ether oxygens (including phenoxy) is 2. The number of nitrogens with one attached hydrogen (secondary N) is 1. The van der Waals surface area contributed by atoms with Gasteiger partial charge in [0.25, 0.3) is 0 Å². The standard InChI is InChI=1S/C15H23NO2/c1-15(2)10-13(7-8-18-15)16-11-12-5-4-6-14(9-12)17-3/h4-6,9,13,16H,7-8,10-11H2,1-3H3. The maximum absolute atomic E-state index is 5.72. The third-order valence-corrected chi connectivity index (χ3v) is 3.43. The molecule has 2 rings (SSSR count). The summed E-state index contributed by atoms with van der Waals surface area (Å²) in [4.78, 5) is 0. The fraction of sp³-hybridized carbons (Fsp3) is 0.600. The summed E-state index contributed by atoms with van der Waals surface area (Å²) in [6, 6.07) is 8.75. The third-order valence-electron chi connectivity index (χ3n) is 3.43. The molecule has 1 heterocycles. The molecule has 0 saturated carbocycles. The Hall–Kier alpha value is -1.06. The normalized spacial score (nSPS) is 22.7. The van der Waals surface area contributed by atoms with Crippen LogP contribution in [0.1, 0.15) is 32.3 Å². The molecule has 1 saturated heterocycles. The van der Waals surface area contributed by atoms with Gasteiger partial charge in [0.05, 0.1) is 12.7 Å². The van der Waals surface area contributed by atoms with Crippen LogP contribution in [-0.2, 0) is 11.3 Å². The second-order valence-electron chi connectivity index (χ2n) is 5.53. The lowest BCUT2D eigenvalue weighted by Crippen LogP contribution is -2.43. The van der Waals surface area contributed by atoms with Crippen LogP contribution >= 0.6 is 0 Å². The second kappa shape index (κ2) is 5.72. The Morgan fingerprint density at radius 1 is 1.44 bits per heavy atom. The van der Waals surface area contributed by atoms with E-state index in [1.807, 2.05) is 12.1 Å². The summed E-state index contributed by atoms with van der Waals surface area (Å²) in [5, 5.41) is 3.61. The van der Waals surface area contributed by atoms with Crippen molar-refractivity contribution >= 4 is 0 Å². The second-order valence-corrected chi connectivity index (χ2v) is 5.53. The predicted molar refractivity (Wildman–Crippen MR) is 72.9 cm³/mol. The average Bonchev–Trinajstić information content (AvgIpc) is 2.35. The van der Waals surface area contributed by atoms with Crippen molar-refractivity contribution in [1.82, 2.24) is 5.32 Å². The number of methoxy groups -OCH3 is 1. The zero-order chi connectivity index (χ0) is 13.0. The van der Waals surface area contributed by atoms with E-state index < -0.39 is 0 Å². The number of hydrogen-bond donors (Lipinski definition) is 1. The molecule has 0 spiro atoms. The molecule has 18 heavy (non-hydrogen) atoms. The minimum atomic E-state index is 0.00426. The molecule has 1 aliphatic rings. The van der Waals surface area contributed by atoms with Crippen LogP contribution in [0, 0.1) is 0 Å². The van der Waals surface area contributed by atoms with Gasteiger partial charge < -0.3 is 14.8 Å². The number of benzene rings is 1. The highest BCUT2D eigenvalue weighted by atomic mass is 16.5. The van der Waals surface area contributed by atoms with Crippen LogP contribution in [0.2, 0.25) is 0 Å². The van der Waals surface area contributed by atoms with Crippen molar-refractivity contribution in [2.45, 2.75) is 44.9 Å². The van der Waals surface area contributed by atoms with Crippen molar-refractivity contribution in [2.75, 3.05) is 13.7 Å². The fourth-order valence-electron chi connectivity index (χ4n) is 2.45. The Labute approximate surface area is 109 Å². The van der Waals surface area contributed by atoms with Gasteiger partial charge in [-0.1, -0.05) is 12.1 Å². The van der Waals surface area contributed by atoms with Crippen LogP contribution in [0.5, 0.6) is 5.75 Å². The summed E-state index contributed by atoms with van der Waals surface area (Å²) in [5.41, 5.74) is 1.27. The number of hydrogen-bond acceptors (Lipinski definition) is 3. The minimum absolute atomic E-state index is 0.00426. The van der Waals surface area contributed by atoms with Crippen LogP contribution < -0.4 is 10.1 Å². The summed E-state index contributed by atoms with van der Waals surface area (Å²) < 4.78 is 11.0. The molecule has 1 fully saturated rings. The van der Waals surface area contributed by atoms with Gasteiger partial charge in [-0.15, -0.1) is 0 Å². The lowest BCUT2D eigenvalue weighted by molar-refractivity contribution is -0.0630. The third kappa shape index (κ3) is 3.72. The Morgan fingerprint density at radius 3 is 3.00 bits per heavy atom. The highest BCUT2D eigenvalue weighted by Gasteiger charge is 2.28. The largest absolute Gasteiger partial charge is 0.497 e. The maximum Gasteiger partial charge on any atom is 0.119 e. The van der Waals surface area contributed by atoms with E-state index in [2.05, 4.69) is 31.3 Å². The Morgan fingerprint density at radius 2 is 2.28 bits per heavy atom. The lowest BCUT2D eigenvalue weighted by Gasteiger charge is -2.36. The molecular formula is C15H23NO2. The van der Waals surface area contributed by atoms with Gasteiger partial charge >= 0.3 is 0 Å². The van der Waals surface area contributed by atoms with Gasteiger partial charge in [-0.3, -0.25) is 0 Å². The highest BCUT2D eigenvalue weighted by molar-refractivity contribution is 5.28. The van der Waals surface area contributed by atoms with Gasteiger partial charge in [-0.05, 0) is 44.4 Å². The molecule has 1 N–H and O–H groups in total. The first-order valence-electron chi connectivity index (χ1n) is 6.59. The molecule has 0 amide bonds. The highest BCUT2D eigenvalue weighted by Crippen LogP contribution is 2.24. The smallest absolute Gasteiger partial charge is 0.119 e. The monoisotopic (exact) mass is 249 g/mol. The van der Waals surface area contributed by atoms with Gasteiger partial charge in [0, 0.05) is 19.2 Å². The molecule has 0 radical (unpaired) electrons. The zero-order valence-corrected chi connectivity index (χ0v) is 11.5. The van der Waals surface area contributed by atoms with Gasteiger partial charge in [0.1, 0.15) is 5.75 Å². The molecule has 1 unspecified atom stereocenters. The molecule has 0 aromatic heterocycles. The van der Waals surface area contributed by atoms with E-state index in [4.69, 9.17) is 9.47 Å². The van der Waals surface area contributed by atoms with E-state index in [1.165, 1.54) is 5.56 Å². The molecule has 3 heteroatoms. The first kappa shape index (κ1) is 13.4. The van der Waals surface area contributed by atoms with Crippen molar-refractivity contribution in [3.05, 3.63) is 29.8 Å². The van der Waals surface area contributed by atoms with Crippen LogP contribution in [0.4, 0.5) is 0 Å². The van der Waals surface area contributed by atoms with E-state index in [-0.39, 0.29) is 5.60 Å². The summed E-state index contributed by atoms with van der Waals surface area (Å²) in [6.07, 6.45) is 2.16. The zero-order valence-electron chi connectivity index (χ0n) is 11.5. The van der Waals surface area contributed by atoms with E-state index >= 15 is 0 Å². The molecule has 100 valence electrons. The van der Waals surface area contributed by atoms with E-state index in [0.29, 0.717) is 6.04 Å². The van der Waals surface area contributed by atoms with Crippen LogP contribution in [-0.4, -0.2) is 25.4 Å². The van der Waals surface area contributed by atoms with Crippen molar-refractivity contribution in [2.24, 2.45) is 0 Å². The quantitative estimate of drug-likeness (QED) is 0.890. The first-order chi connectivity index (χ1) is 8.59. The Balaban J connectivity index is 1.87. The molecule has 1 atom stereocenters. The van der Waals surface area contributed by atoms with Gasteiger partial charge in [-0.2, -0.15) is 0 Å². The topological polar surface area (TPSA) is 30.5 Å². The van der Waals surface area contributed by atoms with Crippen molar-refractivity contribution in [3.63, 3.8) is 0 Å². The van der Waals surface area contributed by atoms with E-state index in [1.54, 1.807) is 7.11 Å². The van der Waals surface area contributed by atoms with Crippen LogP contribution in [0.15, 0.2) is 24.3 Å². The van der Waals surface area contributed by atoms with Gasteiger partial charge in [0.15, 0.2) is 0 Å².